The van der Waals surface area contributed by atoms with Crippen molar-refractivity contribution in [2.45, 2.75) is 103 Å². The summed E-state index contributed by atoms with van der Waals surface area (Å²) in [6.45, 7) is 1.51. The van der Waals surface area contributed by atoms with Crippen LogP contribution in [0.15, 0.2) is 0 Å². The van der Waals surface area contributed by atoms with E-state index < -0.39 is 24.6 Å². The molecule has 0 rings (SSSR count). The SMILES string of the molecule is C#CC#CC#CC#CC#CC#CC(=O)OC[C@H](CO)OC(=O)CCCCCCCCCCCCCCC.N.[HH].[HH].[HH].[HH].[HH].[HH].[HH].[HH].[HH].[HH].[HH]. The van der Waals surface area contributed by atoms with Crippen molar-refractivity contribution in [3.05, 3.63) is 0 Å². The Hall–Kier alpha value is -3.78. The van der Waals surface area contributed by atoms with Crippen LogP contribution in [0, 0.1) is 71.5 Å². The first-order valence-electron chi connectivity index (χ1n) is 13.1. The Morgan fingerprint density at radius 3 is 1.66 bits per heavy atom. The molecule has 0 aliphatic carbocycles. The fraction of sp³-hybridized carbons (Fsp3) is 0.562. The maximum absolute atomic E-state index is 12.0. The van der Waals surface area contributed by atoms with E-state index in [9.17, 15) is 14.7 Å². The van der Waals surface area contributed by atoms with Gasteiger partial charge in [-0.1, -0.05) is 84.0 Å². The van der Waals surface area contributed by atoms with Gasteiger partial charge in [-0.2, -0.15) is 0 Å². The van der Waals surface area contributed by atoms with Crippen LogP contribution in [0.5, 0.6) is 0 Å². The smallest absolute Gasteiger partial charge is 0.385 e. The van der Waals surface area contributed by atoms with Gasteiger partial charge in [-0.25, -0.2) is 4.79 Å². The average Bonchev–Trinajstić information content (AvgIpc) is 2.90. The molecule has 6 heteroatoms. The van der Waals surface area contributed by atoms with Crippen molar-refractivity contribution in [2.75, 3.05) is 13.2 Å². The molecule has 0 spiro atoms. The van der Waals surface area contributed by atoms with Gasteiger partial charge >= 0.3 is 11.9 Å². The molecule has 6 nitrogen and oxygen atoms in total. The fourth-order valence-corrected chi connectivity index (χ4v) is 3.20. The van der Waals surface area contributed by atoms with Crippen LogP contribution in [0.3, 0.4) is 0 Å². The number of aliphatic hydroxyl groups is 1. The molecule has 1 atom stereocenters. The molecule has 0 aliphatic rings. The van der Waals surface area contributed by atoms with Gasteiger partial charge in [0.15, 0.2) is 6.10 Å². The molecular formula is C32H63NO5. The summed E-state index contributed by atoms with van der Waals surface area (Å²) in [6.07, 6.45) is 20.2. The first-order valence-corrected chi connectivity index (χ1v) is 13.1. The summed E-state index contributed by atoms with van der Waals surface area (Å²) in [7, 11) is 0. The summed E-state index contributed by atoms with van der Waals surface area (Å²) < 4.78 is 10.1. The van der Waals surface area contributed by atoms with Crippen molar-refractivity contribution in [1.82, 2.24) is 6.15 Å². The van der Waals surface area contributed by atoms with Gasteiger partial charge in [0.05, 0.1) is 6.61 Å². The zero-order valence-corrected chi connectivity index (χ0v) is 22.8. The van der Waals surface area contributed by atoms with Crippen LogP contribution in [0.1, 0.15) is 113 Å². The van der Waals surface area contributed by atoms with E-state index in [0.717, 1.165) is 19.3 Å². The second kappa shape index (κ2) is 29.5. The second-order valence-electron chi connectivity index (χ2n) is 8.28. The van der Waals surface area contributed by atoms with Gasteiger partial charge in [-0.3, -0.25) is 4.79 Å². The summed E-state index contributed by atoms with van der Waals surface area (Å²) in [5.41, 5.74) is 0. The molecule has 0 aromatic carbocycles. The number of hydrogen-bond donors (Lipinski definition) is 2. The molecule has 0 radical (unpaired) electrons. The third kappa shape index (κ3) is 26.8. The van der Waals surface area contributed by atoms with Gasteiger partial charge in [0, 0.05) is 28.0 Å². The Labute approximate surface area is 246 Å². The zero-order valence-electron chi connectivity index (χ0n) is 22.8. The van der Waals surface area contributed by atoms with E-state index in [4.69, 9.17) is 15.9 Å². The van der Waals surface area contributed by atoms with Crippen LogP contribution in [-0.2, 0) is 19.1 Å². The molecule has 0 saturated heterocycles. The third-order valence-corrected chi connectivity index (χ3v) is 5.12. The minimum atomic E-state index is -0.923. The summed E-state index contributed by atoms with van der Waals surface area (Å²) in [5, 5.41) is 9.37. The number of terminal acetylenes is 1. The lowest BCUT2D eigenvalue weighted by Crippen LogP contribution is -2.28. The maximum Gasteiger partial charge on any atom is 0.385 e. The van der Waals surface area contributed by atoms with E-state index >= 15 is 0 Å². The molecule has 0 saturated carbocycles. The molecule has 0 amide bonds. The van der Waals surface area contributed by atoms with E-state index in [-0.39, 0.29) is 34.9 Å². The number of unbranched alkanes of at least 4 members (excludes halogenated alkanes) is 12. The minimum absolute atomic E-state index is 0. The molecule has 0 unspecified atom stereocenters. The molecule has 38 heavy (non-hydrogen) atoms. The highest BCUT2D eigenvalue weighted by molar-refractivity contribution is 5.89. The van der Waals surface area contributed by atoms with Crippen molar-refractivity contribution in [1.29, 1.82) is 0 Å². The van der Waals surface area contributed by atoms with Gasteiger partial charge in [0.25, 0.3) is 0 Å². The van der Waals surface area contributed by atoms with Crippen molar-refractivity contribution in [3.63, 3.8) is 0 Å². The van der Waals surface area contributed by atoms with Crippen molar-refractivity contribution in [2.24, 2.45) is 0 Å². The zero-order chi connectivity index (χ0) is 27.2. The van der Waals surface area contributed by atoms with Gasteiger partial charge in [0.1, 0.15) is 6.61 Å². The first-order chi connectivity index (χ1) is 18.1. The summed E-state index contributed by atoms with van der Waals surface area (Å²) in [4.78, 5) is 23.6. The largest absolute Gasteiger partial charge is 0.456 e. The van der Waals surface area contributed by atoms with Gasteiger partial charge < -0.3 is 20.7 Å². The number of hydrogen-bond acceptors (Lipinski definition) is 6. The van der Waals surface area contributed by atoms with Crippen LogP contribution < -0.4 is 6.15 Å². The van der Waals surface area contributed by atoms with E-state index in [1.165, 1.54) is 64.2 Å². The monoisotopic (exact) mass is 541 g/mol. The quantitative estimate of drug-likeness (QED) is 0.0808. The first kappa shape index (κ1) is 36.4. The van der Waals surface area contributed by atoms with E-state index in [2.05, 4.69) is 72.0 Å². The molecule has 4 N–H and O–H groups in total. The van der Waals surface area contributed by atoms with Crippen LogP contribution >= 0.6 is 0 Å². The fourth-order valence-electron chi connectivity index (χ4n) is 3.20. The molecule has 0 bridgehead atoms. The van der Waals surface area contributed by atoms with Crippen molar-refractivity contribution in [3.8, 4) is 71.5 Å². The number of carbonyl (C=O) groups is 2. The Morgan fingerprint density at radius 1 is 0.737 bits per heavy atom. The lowest BCUT2D eigenvalue weighted by atomic mass is 10.0. The highest BCUT2D eigenvalue weighted by Crippen LogP contribution is 2.13. The summed E-state index contributed by atoms with van der Waals surface area (Å²) in [6, 6.07) is 0. The van der Waals surface area contributed by atoms with Gasteiger partial charge in [0.2, 0.25) is 0 Å². The number of rotatable bonds is 18. The minimum Gasteiger partial charge on any atom is -0.456 e. The number of aliphatic hydroxyl groups excluding tert-OH is 1. The number of esters is 2. The second-order valence-corrected chi connectivity index (χ2v) is 8.28. The number of carbonyl (C=O) groups excluding carboxylic acids is 2. The maximum atomic E-state index is 12.0. The standard InChI is InChI=1S/C32H38O5.H3N.11H2/c1-3-5-7-9-11-13-15-16-17-19-21-23-25-27-32(35)37-30(28-33)29-36-31(34)26-24-22-20-18-14-12-10-8-6-4-2;;;;;;;;;;;;/h2,30,33H,3,5,7,9,11,13,15-17,19,21,23,25,27-29H2,1H3;1H3;11*1H/t30-;;;;;;;;;;;;/m0............/s1. The van der Waals surface area contributed by atoms with Crippen LogP contribution in [0.2, 0.25) is 0 Å². The summed E-state index contributed by atoms with van der Waals surface area (Å²) in [5.74, 6) is 24.4. The molecular weight excluding hydrogens is 478 g/mol. The Balaban J connectivity index is -0.0000000982. The molecule has 0 aliphatic heterocycles. The predicted molar refractivity (Wildman–Crippen MR) is 174 cm³/mol. The van der Waals surface area contributed by atoms with Gasteiger partial charge in [-0.15, -0.1) is 6.42 Å². The van der Waals surface area contributed by atoms with E-state index in [0.29, 0.717) is 0 Å². The van der Waals surface area contributed by atoms with Crippen LogP contribution in [0.4, 0.5) is 0 Å². The number of ether oxygens (including phenoxy) is 2. The van der Waals surface area contributed by atoms with Crippen molar-refractivity contribution < 1.29 is 39.9 Å². The predicted octanol–water partition coefficient (Wildman–Crippen LogP) is 7.43. The van der Waals surface area contributed by atoms with E-state index in [1.807, 2.05) is 0 Å². The molecule has 0 aromatic heterocycles. The Morgan fingerprint density at radius 2 is 1.18 bits per heavy atom. The lowest BCUT2D eigenvalue weighted by molar-refractivity contribution is -0.159. The summed E-state index contributed by atoms with van der Waals surface area (Å²) >= 11 is 0. The van der Waals surface area contributed by atoms with Crippen LogP contribution in [0.25, 0.3) is 0 Å². The highest BCUT2D eigenvalue weighted by Gasteiger charge is 2.15. The lowest BCUT2D eigenvalue weighted by Gasteiger charge is -2.14. The van der Waals surface area contributed by atoms with Crippen LogP contribution in [-0.4, -0.2) is 36.4 Å². The average molecular weight is 542 g/mol. The Kier molecular flexibility index (Phi) is 28.2. The highest BCUT2D eigenvalue weighted by atomic mass is 16.6. The molecule has 0 aromatic rings. The molecule has 0 fully saturated rings. The normalized spacial score (nSPS) is 9.29. The third-order valence-electron chi connectivity index (χ3n) is 5.12. The van der Waals surface area contributed by atoms with Gasteiger partial charge in [-0.05, 0) is 65.6 Å². The molecule has 226 valence electrons. The van der Waals surface area contributed by atoms with E-state index in [1.54, 1.807) is 0 Å². The molecule has 0 heterocycles. The Bertz CT molecular complexity index is 1050. The van der Waals surface area contributed by atoms with Crippen molar-refractivity contribution >= 4 is 11.9 Å². The topological polar surface area (TPSA) is 108 Å².